The zero-order chi connectivity index (χ0) is 14.5. The number of esters is 1. The minimum absolute atomic E-state index is 0.125. The fraction of sp³-hybridized carbons (Fsp3) is 0.429. The van der Waals surface area contributed by atoms with Crippen LogP contribution in [-0.2, 0) is 16.1 Å². The van der Waals surface area contributed by atoms with Gasteiger partial charge in [0, 0.05) is 29.4 Å². The zero-order valence-corrected chi connectivity index (χ0v) is 13.5. The van der Waals surface area contributed by atoms with Crippen LogP contribution >= 0.6 is 22.7 Å². The highest BCUT2D eigenvalue weighted by Crippen LogP contribution is 2.26. The Kier molecular flexibility index (Phi) is 5.28. The van der Waals surface area contributed by atoms with Gasteiger partial charge in [-0.15, -0.1) is 11.3 Å². The summed E-state index contributed by atoms with van der Waals surface area (Å²) < 4.78 is 4.74. The maximum Gasteiger partial charge on any atom is 0.309 e. The summed E-state index contributed by atoms with van der Waals surface area (Å²) >= 11 is 3.33. The van der Waals surface area contributed by atoms with Crippen LogP contribution in [0.15, 0.2) is 22.2 Å². The maximum atomic E-state index is 11.4. The standard InChI is InChI=1S/C14H18N2O2S2/c1-10(14(17)18-3)6-16(2)7-12-9-20-13(15-12)11-4-5-19-8-11/h4-5,8-10H,6-7H2,1-3H3/t10-/m0/s1. The lowest BCUT2D eigenvalue weighted by atomic mass is 10.2. The van der Waals surface area contributed by atoms with Crippen LogP contribution in [0.5, 0.6) is 0 Å². The molecule has 0 fully saturated rings. The number of methoxy groups -OCH3 is 1. The average molecular weight is 310 g/mol. The molecule has 0 bridgehead atoms. The number of hydrogen-bond acceptors (Lipinski definition) is 6. The summed E-state index contributed by atoms with van der Waals surface area (Å²) in [7, 11) is 3.41. The van der Waals surface area contributed by atoms with E-state index in [1.165, 1.54) is 12.7 Å². The summed E-state index contributed by atoms with van der Waals surface area (Å²) in [5, 5.41) is 7.29. The van der Waals surface area contributed by atoms with E-state index in [-0.39, 0.29) is 11.9 Å². The molecule has 2 aromatic heterocycles. The summed E-state index contributed by atoms with van der Waals surface area (Å²) in [6.07, 6.45) is 0. The van der Waals surface area contributed by atoms with Crippen LogP contribution in [0, 0.1) is 5.92 Å². The van der Waals surface area contributed by atoms with E-state index in [4.69, 9.17) is 4.74 Å². The SMILES string of the molecule is COC(=O)[C@@H](C)CN(C)Cc1csc(-c2ccsc2)n1. The van der Waals surface area contributed by atoms with Crippen LogP contribution in [0.4, 0.5) is 0 Å². The third-order valence-electron chi connectivity index (χ3n) is 2.94. The van der Waals surface area contributed by atoms with Gasteiger partial charge in [-0.3, -0.25) is 9.69 Å². The molecule has 2 aromatic rings. The first-order valence-electron chi connectivity index (χ1n) is 6.33. The minimum atomic E-state index is -0.172. The number of hydrogen-bond donors (Lipinski definition) is 0. The summed E-state index contributed by atoms with van der Waals surface area (Å²) in [6.45, 7) is 3.28. The number of ether oxygens (including phenoxy) is 1. The molecule has 0 aliphatic heterocycles. The number of thiophene rings is 1. The van der Waals surface area contributed by atoms with E-state index in [2.05, 4.69) is 32.1 Å². The van der Waals surface area contributed by atoms with E-state index in [1.54, 1.807) is 22.7 Å². The van der Waals surface area contributed by atoms with Crippen molar-refractivity contribution >= 4 is 28.6 Å². The molecule has 0 aliphatic carbocycles. The van der Waals surface area contributed by atoms with Crippen molar-refractivity contribution < 1.29 is 9.53 Å². The molecule has 0 saturated carbocycles. The van der Waals surface area contributed by atoms with Crippen molar-refractivity contribution in [2.75, 3.05) is 20.7 Å². The predicted molar refractivity (Wildman–Crippen MR) is 82.9 cm³/mol. The summed E-state index contributed by atoms with van der Waals surface area (Å²) in [5.74, 6) is -0.297. The Morgan fingerprint density at radius 1 is 1.50 bits per heavy atom. The van der Waals surface area contributed by atoms with Gasteiger partial charge in [-0.1, -0.05) is 6.92 Å². The third-order valence-corrected chi connectivity index (χ3v) is 4.56. The second kappa shape index (κ2) is 6.97. The number of carbonyl (C=O) groups is 1. The Labute approximate surface area is 127 Å². The van der Waals surface area contributed by atoms with Gasteiger partial charge in [0.1, 0.15) is 5.01 Å². The van der Waals surface area contributed by atoms with E-state index < -0.39 is 0 Å². The quantitative estimate of drug-likeness (QED) is 0.769. The van der Waals surface area contributed by atoms with Gasteiger partial charge in [0.2, 0.25) is 0 Å². The highest BCUT2D eigenvalue weighted by atomic mass is 32.1. The van der Waals surface area contributed by atoms with Gasteiger partial charge in [-0.05, 0) is 18.5 Å². The van der Waals surface area contributed by atoms with Crippen molar-refractivity contribution in [1.29, 1.82) is 0 Å². The number of thiazole rings is 1. The molecule has 0 aromatic carbocycles. The Morgan fingerprint density at radius 3 is 2.95 bits per heavy atom. The molecule has 0 radical (unpaired) electrons. The van der Waals surface area contributed by atoms with Crippen LogP contribution in [0.3, 0.4) is 0 Å². The molecule has 6 heteroatoms. The molecule has 0 saturated heterocycles. The molecule has 2 rings (SSSR count). The van der Waals surface area contributed by atoms with E-state index in [1.807, 2.05) is 14.0 Å². The normalized spacial score (nSPS) is 12.6. The van der Waals surface area contributed by atoms with Crippen LogP contribution < -0.4 is 0 Å². The molecule has 20 heavy (non-hydrogen) atoms. The fourth-order valence-corrected chi connectivity index (χ4v) is 3.51. The maximum absolute atomic E-state index is 11.4. The Balaban J connectivity index is 1.92. The van der Waals surface area contributed by atoms with Gasteiger partial charge in [0.15, 0.2) is 0 Å². The lowest BCUT2D eigenvalue weighted by molar-refractivity contribution is -0.145. The monoisotopic (exact) mass is 310 g/mol. The third kappa shape index (κ3) is 3.88. The number of carbonyl (C=O) groups excluding carboxylic acids is 1. The first-order valence-corrected chi connectivity index (χ1v) is 8.15. The van der Waals surface area contributed by atoms with Crippen molar-refractivity contribution in [1.82, 2.24) is 9.88 Å². The topological polar surface area (TPSA) is 42.4 Å². The van der Waals surface area contributed by atoms with Crippen molar-refractivity contribution in [3.8, 4) is 10.6 Å². The van der Waals surface area contributed by atoms with Gasteiger partial charge in [-0.25, -0.2) is 4.98 Å². The van der Waals surface area contributed by atoms with Gasteiger partial charge in [-0.2, -0.15) is 11.3 Å². The molecule has 0 spiro atoms. The highest BCUT2D eigenvalue weighted by Gasteiger charge is 2.16. The molecule has 4 nitrogen and oxygen atoms in total. The van der Waals surface area contributed by atoms with Crippen molar-refractivity contribution in [2.24, 2.45) is 5.92 Å². The highest BCUT2D eigenvalue weighted by molar-refractivity contribution is 7.14. The van der Waals surface area contributed by atoms with Gasteiger partial charge < -0.3 is 4.74 Å². The lowest BCUT2D eigenvalue weighted by Crippen LogP contribution is -2.29. The fourth-order valence-electron chi connectivity index (χ4n) is 1.98. The molecule has 1 atom stereocenters. The average Bonchev–Trinajstić information content (AvgIpc) is 3.07. The molecule has 0 N–H and O–H groups in total. The molecule has 0 aliphatic rings. The summed E-state index contributed by atoms with van der Waals surface area (Å²) in [4.78, 5) is 18.1. The van der Waals surface area contributed by atoms with E-state index in [0.717, 1.165) is 17.2 Å². The smallest absolute Gasteiger partial charge is 0.309 e. The Bertz CT molecular complexity index is 551. The van der Waals surface area contributed by atoms with Crippen molar-refractivity contribution in [3.63, 3.8) is 0 Å². The summed E-state index contributed by atoms with van der Waals surface area (Å²) in [6, 6.07) is 2.08. The number of rotatable bonds is 6. The molecule has 108 valence electrons. The number of aromatic nitrogens is 1. The van der Waals surface area contributed by atoms with Crippen LogP contribution in [0.1, 0.15) is 12.6 Å². The zero-order valence-electron chi connectivity index (χ0n) is 11.8. The van der Waals surface area contributed by atoms with Gasteiger partial charge in [0.05, 0.1) is 18.7 Å². The van der Waals surface area contributed by atoms with E-state index in [0.29, 0.717) is 6.54 Å². The largest absolute Gasteiger partial charge is 0.469 e. The van der Waals surface area contributed by atoms with Gasteiger partial charge >= 0.3 is 5.97 Å². The lowest BCUT2D eigenvalue weighted by Gasteiger charge is -2.18. The van der Waals surface area contributed by atoms with Crippen molar-refractivity contribution in [2.45, 2.75) is 13.5 Å². The minimum Gasteiger partial charge on any atom is -0.469 e. The molecular weight excluding hydrogens is 292 g/mol. The molecule has 0 unspecified atom stereocenters. The van der Waals surface area contributed by atoms with Crippen LogP contribution in [0.2, 0.25) is 0 Å². The van der Waals surface area contributed by atoms with Crippen LogP contribution in [0.25, 0.3) is 10.6 Å². The molecular formula is C14H18N2O2S2. The number of nitrogens with zero attached hydrogens (tertiary/aromatic N) is 2. The summed E-state index contributed by atoms with van der Waals surface area (Å²) in [5.41, 5.74) is 2.22. The molecule has 0 amide bonds. The second-order valence-corrected chi connectivity index (χ2v) is 6.42. The first-order chi connectivity index (χ1) is 9.60. The van der Waals surface area contributed by atoms with E-state index >= 15 is 0 Å². The van der Waals surface area contributed by atoms with E-state index in [9.17, 15) is 4.79 Å². The Morgan fingerprint density at radius 2 is 2.30 bits per heavy atom. The van der Waals surface area contributed by atoms with Gasteiger partial charge in [0.25, 0.3) is 0 Å². The van der Waals surface area contributed by atoms with Crippen molar-refractivity contribution in [3.05, 3.63) is 27.9 Å². The predicted octanol–water partition coefficient (Wildman–Crippen LogP) is 3.11. The Hall–Kier alpha value is -1.24. The first kappa shape index (κ1) is 15.2. The second-order valence-electron chi connectivity index (χ2n) is 4.78. The van der Waals surface area contributed by atoms with Crippen LogP contribution in [-0.4, -0.2) is 36.6 Å². The molecule has 2 heterocycles.